The fourth-order valence-corrected chi connectivity index (χ4v) is 2.51. The van der Waals surface area contributed by atoms with Gasteiger partial charge in [-0.05, 0) is 24.1 Å². The van der Waals surface area contributed by atoms with Crippen molar-refractivity contribution in [3.63, 3.8) is 0 Å². The number of unbranched alkanes of at least 4 members (excludes halogenated alkanes) is 4. The molecule has 0 atom stereocenters. The van der Waals surface area contributed by atoms with E-state index in [0.717, 1.165) is 18.4 Å². The quantitative estimate of drug-likeness (QED) is 0.716. The number of carboxylic acid groups (broad SMARTS) is 1. The van der Waals surface area contributed by atoms with Crippen LogP contribution in [0.1, 0.15) is 60.8 Å². The Bertz CT molecular complexity index is 638. The third-order valence-electron chi connectivity index (χ3n) is 3.80. The van der Waals surface area contributed by atoms with Gasteiger partial charge in [-0.3, -0.25) is 0 Å². The minimum Gasteiger partial charge on any atom is -0.476 e. The van der Waals surface area contributed by atoms with Gasteiger partial charge in [0.1, 0.15) is 5.82 Å². The van der Waals surface area contributed by atoms with Gasteiger partial charge in [0.15, 0.2) is 5.69 Å². The number of aromatic nitrogens is 3. The summed E-state index contributed by atoms with van der Waals surface area (Å²) >= 11 is 0. The summed E-state index contributed by atoms with van der Waals surface area (Å²) in [5.74, 6) is -1.39. The minimum atomic E-state index is -1.08. The molecule has 23 heavy (non-hydrogen) atoms. The van der Waals surface area contributed by atoms with Gasteiger partial charge in [-0.25, -0.2) is 13.9 Å². The summed E-state index contributed by atoms with van der Waals surface area (Å²) in [5.41, 5.74) is 1.38. The molecule has 1 heterocycles. The Balaban J connectivity index is 2.09. The van der Waals surface area contributed by atoms with E-state index in [0.29, 0.717) is 18.7 Å². The highest BCUT2D eigenvalue weighted by Gasteiger charge is 2.19. The van der Waals surface area contributed by atoms with Gasteiger partial charge in [0.05, 0.1) is 5.69 Å². The first kappa shape index (κ1) is 17.1. The predicted molar refractivity (Wildman–Crippen MR) is 84.9 cm³/mol. The van der Waals surface area contributed by atoms with Crippen LogP contribution in [0.15, 0.2) is 24.3 Å². The van der Waals surface area contributed by atoms with Gasteiger partial charge in [0.25, 0.3) is 0 Å². The van der Waals surface area contributed by atoms with E-state index in [2.05, 4.69) is 17.2 Å². The lowest BCUT2D eigenvalue weighted by atomic mass is 10.1. The zero-order valence-corrected chi connectivity index (χ0v) is 13.3. The van der Waals surface area contributed by atoms with Crippen molar-refractivity contribution in [2.75, 3.05) is 0 Å². The lowest BCUT2D eigenvalue weighted by Crippen LogP contribution is -2.09. The molecule has 124 valence electrons. The molecule has 1 aromatic carbocycles. The molecule has 0 amide bonds. The van der Waals surface area contributed by atoms with Gasteiger partial charge < -0.3 is 5.11 Å². The number of hydrogen-bond acceptors (Lipinski definition) is 3. The molecule has 0 spiro atoms. The van der Waals surface area contributed by atoms with Crippen molar-refractivity contribution < 1.29 is 14.3 Å². The van der Waals surface area contributed by atoms with E-state index in [1.165, 1.54) is 31.4 Å². The van der Waals surface area contributed by atoms with Crippen molar-refractivity contribution in [3.8, 4) is 0 Å². The molecule has 2 aromatic rings. The van der Waals surface area contributed by atoms with Crippen molar-refractivity contribution in [3.05, 3.63) is 47.0 Å². The predicted octanol–water partition coefficient (Wildman–Crippen LogP) is 3.68. The van der Waals surface area contributed by atoms with Crippen LogP contribution in [0, 0.1) is 5.82 Å². The zero-order chi connectivity index (χ0) is 16.7. The summed E-state index contributed by atoms with van der Waals surface area (Å²) in [6.07, 6.45) is 5.97. The highest BCUT2D eigenvalue weighted by molar-refractivity contribution is 5.86. The van der Waals surface area contributed by atoms with Gasteiger partial charge in [0, 0.05) is 13.0 Å². The first-order valence-electron chi connectivity index (χ1n) is 8.02. The molecule has 0 saturated carbocycles. The lowest BCUT2D eigenvalue weighted by molar-refractivity contribution is 0.0689. The highest BCUT2D eigenvalue weighted by Crippen LogP contribution is 2.15. The van der Waals surface area contributed by atoms with Gasteiger partial charge in [0.2, 0.25) is 0 Å². The number of nitrogens with zero attached hydrogens (tertiary/aromatic N) is 3. The van der Waals surface area contributed by atoms with Crippen LogP contribution in [0.4, 0.5) is 4.39 Å². The number of rotatable bonds is 9. The number of aryl methyl sites for hydroxylation is 1. The number of halogens is 1. The topological polar surface area (TPSA) is 68.0 Å². The van der Waals surface area contributed by atoms with Crippen molar-refractivity contribution >= 4 is 5.97 Å². The van der Waals surface area contributed by atoms with Crippen LogP contribution in [0.25, 0.3) is 0 Å². The SMILES string of the molecule is CCCCCCCn1nnc(C(=O)O)c1Cc1ccc(F)cc1. The van der Waals surface area contributed by atoms with Crippen molar-refractivity contribution in [2.24, 2.45) is 0 Å². The third kappa shape index (κ3) is 4.87. The summed E-state index contributed by atoms with van der Waals surface area (Å²) < 4.78 is 14.7. The van der Waals surface area contributed by atoms with E-state index >= 15 is 0 Å². The maximum atomic E-state index is 13.0. The average molecular weight is 319 g/mol. The Labute approximate surface area is 135 Å². The molecular weight excluding hydrogens is 297 g/mol. The van der Waals surface area contributed by atoms with Crippen LogP contribution in [0.2, 0.25) is 0 Å². The molecule has 0 fully saturated rings. The molecule has 0 aliphatic heterocycles. The zero-order valence-electron chi connectivity index (χ0n) is 13.3. The molecule has 0 bridgehead atoms. The Morgan fingerprint density at radius 1 is 1.17 bits per heavy atom. The molecule has 1 N–H and O–H groups in total. The van der Waals surface area contributed by atoms with E-state index in [9.17, 15) is 14.3 Å². The molecule has 5 nitrogen and oxygen atoms in total. The largest absolute Gasteiger partial charge is 0.476 e. The second kappa shape index (κ2) is 8.41. The van der Waals surface area contributed by atoms with Crippen LogP contribution in [-0.2, 0) is 13.0 Å². The van der Waals surface area contributed by atoms with E-state index < -0.39 is 5.97 Å². The molecular formula is C17H22FN3O2. The Morgan fingerprint density at radius 3 is 2.52 bits per heavy atom. The van der Waals surface area contributed by atoms with Crippen molar-refractivity contribution in [2.45, 2.75) is 52.0 Å². The van der Waals surface area contributed by atoms with Crippen molar-refractivity contribution in [1.82, 2.24) is 15.0 Å². The summed E-state index contributed by atoms with van der Waals surface area (Å²) in [4.78, 5) is 11.3. The van der Waals surface area contributed by atoms with E-state index in [1.54, 1.807) is 16.8 Å². The number of benzene rings is 1. The smallest absolute Gasteiger partial charge is 0.358 e. The molecule has 1 aromatic heterocycles. The minimum absolute atomic E-state index is 0.0251. The first-order chi connectivity index (χ1) is 11.1. The second-order valence-corrected chi connectivity index (χ2v) is 5.63. The maximum Gasteiger partial charge on any atom is 0.358 e. The summed E-state index contributed by atoms with van der Waals surface area (Å²) in [5, 5.41) is 17.0. The molecule has 0 radical (unpaired) electrons. The molecule has 0 unspecified atom stereocenters. The Kier molecular flexibility index (Phi) is 6.26. The lowest BCUT2D eigenvalue weighted by Gasteiger charge is -2.07. The Morgan fingerprint density at radius 2 is 1.87 bits per heavy atom. The number of carboxylic acids is 1. The van der Waals surface area contributed by atoms with E-state index in [1.807, 2.05) is 0 Å². The number of aromatic carboxylic acids is 1. The fraction of sp³-hybridized carbons (Fsp3) is 0.471. The second-order valence-electron chi connectivity index (χ2n) is 5.63. The monoisotopic (exact) mass is 319 g/mol. The van der Waals surface area contributed by atoms with Crippen LogP contribution in [-0.4, -0.2) is 26.1 Å². The van der Waals surface area contributed by atoms with E-state index in [4.69, 9.17) is 0 Å². The van der Waals surface area contributed by atoms with Crippen LogP contribution < -0.4 is 0 Å². The molecule has 6 heteroatoms. The third-order valence-corrected chi connectivity index (χ3v) is 3.80. The highest BCUT2D eigenvalue weighted by atomic mass is 19.1. The normalized spacial score (nSPS) is 10.9. The van der Waals surface area contributed by atoms with Gasteiger partial charge >= 0.3 is 5.97 Å². The van der Waals surface area contributed by atoms with Crippen LogP contribution in [0.3, 0.4) is 0 Å². The standard InChI is InChI=1S/C17H22FN3O2/c1-2-3-4-5-6-11-21-15(16(17(22)23)19-20-21)12-13-7-9-14(18)10-8-13/h7-10H,2-6,11-12H2,1H3,(H,22,23). The Hall–Kier alpha value is -2.24. The average Bonchev–Trinajstić information content (AvgIpc) is 2.92. The molecule has 0 saturated heterocycles. The summed E-state index contributed by atoms with van der Waals surface area (Å²) in [6.45, 7) is 2.82. The summed E-state index contributed by atoms with van der Waals surface area (Å²) in [6, 6.07) is 6.04. The van der Waals surface area contributed by atoms with Crippen molar-refractivity contribution in [1.29, 1.82) is 0 Å². The van der Waals surface area contributed by atoms with Crippen LogP contribution >= 0.6 is 0 Å². The maximum absolute atomic E-state index is 13.0. The first-order valence-corrected chi connectivity index (χ1v) is 8.02. The molecule has 0 aliphatic carbocycles. The fourth-order valence-electron chi connectivity index (χ4n) is 2.51. The number of carbonyl (C=O) groups is 1. The number of hydrogen-bond donors (Lipinski definition) is 1. The van der Waals surface area contributed by atoms with Gasteiger partial charge in [-0.2, -0.15) is 0 Å². The molecule has 2 rings (SSSR count). The summed E-state index contributed by atoms with van der Waals surface area (Å²) in [7, 11) is 0. The molecule has 0 aliphatic rings. The van der Waals surface area contributed by atoms with Crippen LogP contribution in [0.5, 0.6) is 0 Å². The van der Waals surface area contributed by atoms with Gasteiger partial charge in [-0.1, -0.05) is 50.0 Å². The van der Waals surface area contributed by atoms with Gasteiger partial charge in [-0.15, -0.1) is 5.10 Å². The van der Waals surface area contributed by atoms with E-state index in [-0.39, 0.29) is 11.5 Å².